The fraction of sp³-hybridized carbons (Fsp3) is 0.130. The first-order chi connectivity index (χ1) is 15.6. The van der Waals surface area contributed by atoms with Crippen LogP contribution in [0, 0.1) is 11.3 Å². The number of hydrogen-bond donors (Lipinski definition) is 2. The van der Waals surface area contributed by atoms with E-state index in [2.05, 4.69) is 26.3 Å². The third-order valence-electron chi connectivity index (χ3n) is 4.80. The summed E-state index contributed by atoms with van der Waals surface area (Å²) in [4.78, 5) is 23.6. The van der Waals surface area contributed by atoms with Gasteiger partial charge in [-0.05, 0) is 30.3 Å². The molecule has 0 aliphatic heterocycles. The van der Waals surface area contributed by atoms with Gasteiger partial charge in [0.25, 0.3) is 5.56 Å². The summed E-state index contributed by atoms with van der Waals surface area (Å²) in [5.41, 5.74) is 2.60. The number of benzene rings is 2. The third-order valence-corrected chi connectivity index (χ3v) is 5.17. The molecule has 0 saturated heterocycles. The van der Waals surface area contributed by atoms with Gasteiger partial charge >= 0.3 is 0 Å². The molecule has 0 saturated carbocycles. The Morgan fingerprint density at radius 1 is 1.19 bits per heavy atom. The molecule has 160 valence electrons. The minimum absolute atomic E-state index is 0.208. The Kier molecular flexibility index (Phi) is 6.19. The van der Waals surface area contributed by atoms with Crippen molar-refractivity contribution < 1.29 is 9.47 Å². The number of nitrogens with one attached hydrogen (secondary N) is 2. The third kappa shape index (κ3) is 4.48. The lowest BCUT2D eigenvalue weighted by Gasteiger charge is -2.12. The molecule has 0 atom stereocenters. The molecule has 4 aromatic rings. The van der Waals surface area contributed by atoms with Crippen LogP contribution in [0.4, 0.5) is 5.69 Å². The molecule has 4 rings (SSSR count). The number of fused-ring (bicyclic) bond motifs is 1. The Labute approximate surface area is 188 Å². The predicted octanol–water partition coefficient (Wildman–Crippen LogP) is 4.04. The van der Waals surface area contributed by atoms with Crippen molar-refractivity contribution in [3.05, 3.63) is 87.2 Å². The van der Waals surface area contributed by atoms with E-state index in [0.29, 0.717) is 38.9 Å². The van der Waals surface area contributed by atoms with E-state index in [0.717, 1.165) is 11.1 Å². The molecule has 0 aliphatic rings. The van der Waals surface area contributed by atoms with Gasteiger partial charge < -0.3 is 19.8 Å². The molecule has 0 fully saturated rings. The van der Waals surface area contributed by atoms with E-state index in [4.69, 9.17) is 26.3 Å². The Morgan fingerprint density at radius 2 is 2.06 bits per heavy atom. The summed E-state index contributed by atoms with van der Waals surface area (Å²) in [6, 6.07) is 12.6. The molecular weight excluding hydrogens is 430 g/mol. The topological polar surface area (TPSA) is 113 Å². The largest absolute Gasteiger partial charge is 0.495 e. The molecule has 2 aromatic heterocycles. The lowest BCUT2D eigenvalue weighted by molar-refractivity contribution is 0.301. The number of nitriles is 1. The van der Waals surface area contributed by atoms with Crippen molar-refractivity contribution >= 4 is 28.2 Å². The number of pyridine rings is 1. The van der Waals surface area contributed by atoms with Crippen LogP contribution in [0.1, 0.15) is 16.8 Å². The van der Waals surface area contributed by atoms with Gasteiger partial charge in [-0.2, -0.15) is 5.26 Å². The number of methoxy groups -OCH3 is 1. The average Bonchev–Trinajstić information content (AvgIpc) is 2.83. The Hall–Kier alpha value is -4.09. The fourth-order valence-corrected chi connectivity index (χ4v) is 3.43. The van der Waals surface area contributed by atoms with Gasteiger partial charge in [0.2, 0.25) is 0 Å². The van der Waals surface area contributed by atoms with Crippen LogP contribution in [0.15, 0.2) is 59.8 Å². The van der Waals surface area contributed by atoms with Crippen LogP contribution in [0.5, 0.6) is 11.5 Å². The maximum Gasteiger partial charge on any atom is 0.253 e. The number of ether oxygens (including phenoxy) is 2. The van der Waals surface area contributed by atoms with Gasteiger partial charge in [0.15, 0.2) is 0 Å². The van der Waals surface area contributed by atoms with Crippen LogP contribution >= 0.6 is 11.6 Å². The first-order valence-corrected chi connectivity index (χ1v) is 10.0. The number of halogens is 1. The number of rotatable bonds is 7. The summed E-state index contributed by atoms with van der Waals surface area (Å²) in [5.74, 6) is 0.904. The van der Waals surface area contributed by atoms with E-state index in [1.165, 1.54) is 7.11 Å². The Morgan fingerprint density at radius 3 is 2.81 bits per heavy atom. The second kappa shape index (κ2) is 9.37. The zero-order valence-corrected chi connectivity index (χ0v) is 17.8. The smallest absolute Gasteiger partial charge is 0.253 e. The van der Waals surface area contributed by atoms with Gasteiger partial charge in [0.05, 0.1) is 30.1 Å². The molecule has 2 heterocycles. The number of H-pyrrole nitrogens is 1. The lowest BCUT2D eigenvalue weighted by Crippen LogP contribution is -2.16. The van der Waals surface area contributed by atoms with Gasteiger partial charge in [0, 0.05) is 41.6 Å². The maximum atomic E-state index is 12.6. The van der Waals surface area contributed by atoms with Crippen LogP contribution in [-0.4, -0.2) is 22.1 Å². The first-order valence-electron chi connectivity index (χ1n) is 9.63. The first kappa shape index (κ1) is 21.2. The molecule has 0 radical (unpaired) electrons. The maximum absolute atomic E-state index is 12.6. The van der Waals surface area contributed by atoms with Crippen molar-refractivity contribution in [2.24, 2.45) is 0 Å². The van der Waals surface area contributed by atoms with Gasteiger partial charge in [-0.25, -0.2) is 0 Å². The highest BCUT2D eigenvalue weighted by molar-refractivity contribution is 6.36. The highest BCUT2D eigenvalue weighted by Gasteiger charge is 2.11. The summed E-state index contributed by atoms with van der Waals surface area (Å²) >= 11 is 6.48. The normalized spacial score (nSPS) is 10.5. The van der Waals surface area contributed by atoms with E-state index in [1.807, 2.05) is 6.07 Å². The van der Waals surface area contributed by atoms with E-state index in [1.54, 1.807) is 48.9 Å². The SMILES string of the molecule is COc1cc(NCc2cc3ccc(OCc4cnccn4)c(Cl)c3[nH]c2=O)ccc1C#N. The average molecular weight is 448 g/mol. The number of hydrogen-bond acceptors (Lipinski definition) is 7. The second-order valence-electron chi connectivity index (χ2n) is 6.83. The summed E-state index contributed by atoms with van der Waals surface area (Å²) in [6.07, 6.45) is 4.78. The minimum atomic E-state index is -0.265. The molecule has 0 aliphatic carbocycles. The summed E-state index contributed by atoms with van der Waals surface area (Å²) in [7, 11) is 1.50. The quantitative estimate of drug-likeness (QED) is 0.439. The lowest BCUT2D eigenvalue weighted by atomic mass is 10.1. The number of aromatic amines is 1. The highest BCUT2D eigenvalue weighted by Crippen LogP contribution is 2.32. The highest BCUT2D eigenvalue weighted by atomic mass is 35.5. The minimum Gasteiger partial charge on any atom is -0.495 e. The van der Waals surface area contributed by atoms with Crippen molar-refractivity contribution in [2.75, 3.05) is 12.4 Å². The van der Waals surface area contributed by atoms with Crippen molar-refractivity contribution in [1.82, 2.24) is 15.0 Å². The standard InChI is InChI=1S/C23H18ClN5O3/c1-31-20-9-17(4-2-15(20)10-25)28-11-16-8-14-3-5-19(21(24)22(14)29-23(16)30)32-13-18-12-26-6-7-27-18/h2-9,12,28H,11,13H2,1H3,(H,29,30). The number of aromatic nitrogens is 3. The molecule has 0 amide bonds. The summed E-state index contributed by atoms with van der Waals surface area (Å²) < 4.78 is 11.0. The van der Waals surface area contributed by atoms with Crippen molar-refractivity contribution in [2.45, 2.75) is 13.2 Å². The molecule has 8 nitrogen and oxygen atoms in total. The Balaban J connectivity index is 1.54. The van der Waals surface area contributed by atoms with Gasteiger partial charge in [0.1, 0.15) is 29.2 Å². The van der Waals surface area contributed by atoms with Crippen LogP contribution in [-0.2, 0) is 13.2 Å². The van der Waals surface area contributed by atoms with Crippen molar-refractivity contribution in [1.29, 1.82) is 5.26 Å². The summed E-state index contributed by atoms with van der Waals surface area (Å²) in [6.45, 7) is 0.488. The molecule has 2 aromatic carbocycles. The molecule has 9 heteroatoms. The number of nitrogens with zero attached hydrogens (tertiary/aromatic N) is 3. The monoisotopic (exact) mass is 447 g/mol. The molecule has 0 spiro atoms. The van der Waals surface area contributed by atoms with E-state index < -0.39 is 0 Å². The van der Waals surface area contributed by atoms with E-state index in [9.17, 15) is 4.79 Å². The van der Waals surface area contributed by atoms with Gasteiger partial charge in [-0.15, -0.1) is 0 Å². The molecule has 0 bridgehead atoms. The summed E-state index contributed by atoms with van der Waals surface area (Å²) in [5, 5.41) is 13.4. The van der Waals surface area contributed by atoms with Crippen LogP contribution in [0.25, 0.3) is 10.9 Å². The fourth-order valence-electron chi connectivity index (χ4n) is 3.16. The van der Waals surface area contributed by atoms with Crippen LogP contribution in [0.2, 0.25) is 5.02 Å². The van der Waals surface area contributed by atoms with Crippen molar-refractivity contribution in [3.63, 3.8) is 0 Å². The Bertz CT molecular complexity index is 1370. The van der Waals surface area contributed by atoms with Crippen molar-refractivity contribution in [3.8, 4) is 17.6 Å². The predicted molar refractivity (Wildman–Crippen MR) is 121 cm³/mol. The van der Waals surface area contributed by atoms with E-state index >= 15 is 0 Å². The van der Waals surface area contributed by atoms with Crippen LogP contribution in [0.3, 0.4) is 0 Å². The van der Waals surface area contributed by atoms with Gasteiger partial charge in [-0.1, -0.05) is 11.6 Å². The molecular formula is C23H18ClN5O3. The molecule has 32 heavy (non-hydrogen) atoms. The molecule has 0 unspecified atom stereocenters. The number of anilines is 1. The molecule has 2 N–H and O–H groups in total. The second-order valence-corrected chi connectivity index (χ2v) is 7.21. The van der Waals surface area contributed by atoms with E-state index in [-0.39, 0.29) is 18.7 Å². The van der Waals surface area contributed by atoms with Crippen LogP contribution < -0.4 is 20.3 Å². The van der Waals surface area contributed by atoms with Gasteiger partial charge in [-0.3, -0.25) is 14.8 Å². The zero-order chi connectivity index (χ0) is 22.5. The zero-order valence-electron chi connectivity index (χ0n) is 17.1.